The molecule has 3 heterocycles. The van der Waals surface area contributed by atoms with E-state index in [1.54, 1.807) is 0 Å². The van der Waals surface area contributed by atoms with Crippen LogP contribution in [-0.2, 0) is 0 Å². The van der Waals surface area contributed by atoms with Crippen molar-refractivity contribution < 1.29 is 14.0 Å². The Labute approximate surface area is 372 Å². The second-order valence-corrected chi connectivity index (χ2v) is 18.9. The van der Waals surface area contributed by atoms with Crippen LogP contribution in [0.25, 0.3) is 71.2 Å². The highest BCUT2D eigenvalue weighted by Gasteiger charge is 2.45. The second-order valence-electron chi connectivity index (χ2n) is 18.9. The van der Waals surface area contributed by atoms with E-state index in [2.05, 4.69) is 175 Å². The number of aromatic nitrogens is 1. The number of para-hydroxylation sites is 1. The van der Waals surface area contributed by atoms with Crippen molar-refractivity contribution in [1.82, 2.24) is 4.40 Å². The van der Waals surface area contributed by atoms with Gasteiger partial charge in [0.25, 0.3) is 0 Å². The maximum absolute atomic E-state index is 15.3. The predicted molar refractivity (Wildman–Crippen MR) is 259 cm³/mol. The van der Waals surface area contributed by atoms with Crippen LogP contribution in [0.1, 0.15) is 106 Å². The van der Waals surface area contributed by atoms with E-state index in [-0.39, 0.29) is 35.2 Å². The summed E-state index contributed by atoms with van der Waals surface area (Å²) in [7, 11) is 0. The zero-order valence-corrected chi connectivity index (χ0v) is 35.1. The first kappa shape index (κ1) is 34.4. The Morgan fingerprint density at radius 3 is 1.31 bits per heavy atom. The molecule has 0 fully saturated rings. The molecular formula is C61H35NO3. The van der Waals surface area contributed by atoms with Gasteiger partial charge in [-0.2, -0.15) is 0 Å². The molecule has 302 valence electrons. The molecule has 0 atom stereocenters. The van der Waals surface area contributed by atoms with Crippen LogP contribution in [0.5, 0.6) is 0 Å². The molecule has 0 spiro atoms. The molecule has 0 unspecified atom stereocenters. The minimum atomic E-state index is -0.380. The Morgan fingerprint density at radius 2 is 0.831 bits per heavy atom. The first-order valence-electron chi connectivity index (χ1n) is 22.7. The molecule has 65 heavy (non-hydrogen) atoms. The predicted octanol–water partition coefficient (Wildman–Crippen LogP) is 14.4. The summed E-state index contributed by atoms with van der Waals surface area (Å²) >= 11 is 0. The van der Waals surface area contributed by atoms with Crippen molar-refractivity contribution in [2.45, 2.75) is 30.6 Å². The summed E-state index contributed by atoms with van der Waals surface area (Å²) in [6, 6.07) is 60.7. The van der Waals surface area contributed by atoms with Crippen LogP contribution in [-0.4, -0.2) is 16.0 Å². The molecule has 0 aliphatic heterocycles. The summed E-state index contributed by atoms with van der Waals surface area (Å²) in [4.78, 5) is 30.6. The van der Waals surface area contributed by atoms with Crippen LogP contribution in [0.2, 0.25) is 0 Å². The van der Waals surface area contributed by atoms with Gasteiger partial charge in [-0.15, -0.1) is 0 Å². The third-order valence-electron chi connectivity index (χ3n) is 15.9. The molecule has 6 aliphatic rings. The summed E-state index contributed by atoms with van der Waals surface area (Å²) in [5, 5.41) is 6.66. The number of aryl methyl sites for hydroxylation is 1. The lowest BCUT2D eigenvalue weighted by Gasteiger charge is -2.30. The van der Waals surface area contributed by atoms with Crippen LogP contribution >= 0.6 is 0 Å². The number of nitrogens with zero attached hydrogens (tertiary/aromatic N) is 1. The Hall–Kier alpha value is -8.08. The molecule has 4 bridgehead atoms. The maximum Gasteiger partial charge on any atom is 0.175 e. The molecule has 18 rings (SSSR count). The Balaban J connectivity index is 1.07. The third kappa shape index (κ3) is 4.07. The number of hydrogen-bond donors (Lipinski definition) is 0. The zero-order valence-electron chi connectivity index (χ0n) is 35.1. The number of carbonyl (C=O) groups is 2. The minimum Gasteiger partial charge on any atom is -0.456 e. The van der Waals surface area contributed by atoms with E-state index in [1.807, 2.05) is 6.07 Å². The molecule has 9 aromatic carbocycles. The van der Waals surface area contributed by atoms with Gasteiger partial charge in [-0.3, -0.25) is 9.59 Å². The smallest absolute Gasteiger partial charge is 0.175 e. The Bertz CT molecular complexity index is 3920. The summed E-state index contributed by atoms with van der Waals surface area (Å²) in [6.07, 6.45) is 0. The number of carbonyl (C=O) groups excluding carboxylic acids is 2. The first-order valence-corrected chi connectivity index (χ1v) is 22.7. The summed E-state index contributed by atoms with van der Waals surface area (Å²) < 4.78 is 8.88. The number of furan rings is 1. The van der Waals surface area contributed by atoms with Crippen LogP contribution in [0.15, 0.2) is 174 Å². The number of fused-ring (bicyclic) bond motifs is 9. The summed E-state index contributed by atoms with van der Waals surface area (Å²) in [6.45, 7) is 2.20. The molecule has 4 heteroatoms. The third-order valence-corrected chi connectivity index (χ3v) is 15.9. The van der Waals surface area contributed by atoms with E-state index in [9.17, 15) is 0 Å². The highest BCUT2D eigenvalue weighted by atomic mass is 16.3. The van der Waals surface area contributed by atoms with Crippen molar-refractivity contribution >= 4 is 71.6 Å². The highest BCUT2D eigenvalue weighted by Crippen LogP contribution is 2.56. The first-order chi connectivity index (χ1) is 32.0. The van der Waals surface area contributed by atoms with Gasteiger partial charge in [0.2, 0.25) is 0 Å². The van der Waals surface area contributed by atoms with Gasteiger partial charge < -0.3 is 8.82 Å². The molecule has 12 aromatic rings. The quantitative estimate of drug-likeness (QED) is 0.166. The molecule has 3 aromatic heterocycles. The van der Waals surface area contributed by atoms with Gasteiger partial charge in [0.1, 0.15) is 11.2 Å². The van der Waals surface area contributed by atoms with Crippen molar-refractivity contribution in [2.24, 2.45) is 0 Å². The molecule has 0 saturated carbocycles. The van der Waals surface area contributed by atoms with Gasteiger partial charge in [-0.25, -0.2) is 0 Å². The van der Waals surface area contributed by atoms with E-state index >= 15 is 9.59 Å². The second kappa shape index (κ2) is 11.7. The van der Waals surface area contributed by atoms with Crippen molar-refractivity contribution in [1.29, 1.82) is 0 Å². The standard InChI is InChI=1S/C61H35NO3/c1-30-22-23-52-58(40-20-10-11-21-51(40)65-52)53(30)31-24-45-41-26-43-47(60(63)56-36-16-6-2-12-32(36)54(43)33-13-3-7-17-37(33)56)28-49(41)62-50-29-48-44(27-42(50)46(25-31)59(45)62)55-34-14-4-8-18-38(34)57(61(48)64)39-19-9-5-15-35(39)55/h2-29,54-57H,1H3. The fraction of sp³-hybridized carbons (Fsp3) is 0.0820. The van der Waals surface area contributed by atoms with Crippen molar-refractivity contribution in [2.75, 3.05) is 0 Å². The van der Waals surface area contributed by atoms with Gasteiger partial charge in [0, 0.05) is 55.3 Å². The molecule has 4 nitrogen and oxygen atoms in total. The minimum absolute atomic E-state index is 0.0822. The topological polar surface area (TPSA) is 51.7 Å². The number of rotatable bonds is 1. The number of ketones is 2. The van der Waals surface area contributed by atoms with Crippen LogP contribution in [0.4, 0.5) is 0 Å². The Morgan fingerprint density at radius 1 is 0.400 bits per heavy atom. The number of Topliss-reactive ketones (excluding diaryl/α,β-unsaturated/α-hetero) is 2. The lowest BCUT2D eigenvalue weighted by Crippen LogP contribution is -2.19. The van der Waals surface area contributed by atoms with E-state index < -0.39 is 0 Å². The monoisotopic (exact) mass is 829 g/mol. The van der Waals surface area contributed by atoms with Crippen molar-refractivity contribution in [3.63, 3.8) is 0 Å². The van der Waals surface area contributed by atoms with E-state index in [4.69, 9.17) is 4.42 Å². The fourth-order valence-electron chi connectivity index (χ4n) is 13.4. The molecule has 0 amide bonds. The van der Waals surface area contributed by atoms with E-state index in [0.29, 0.717) is 0 Å². The largest absolute Gasteiger partial charge is 0.456 e. The average molecular weight is 830 g/mol. The lowest BCUT2D eigenvalue weighted by molar-refractivity contribution is 0.0966. The van der Waals surface area contributed by atoms with Gasteiger partial charge in [-0.05, 0) is 128 Å². The van der Waals surface area contributed by atoms with Crippen molar-refractivity contribution in [3.8, 4) is 11.1 Å². The van der Waals surface area contributed by atoms with Gasteiger partial charge in [-0.1, -0.05) is 121 Å². The average Bonchev–Trinajstić information content (AvgIpc) is 3.90. The SMILES string of the molecule is Cc1ccc2oc3ccccc3c2c1-c1cc2c3cc4c(cc3n3c5cc6c(cc5c(c1)c23)C1c2ccccc2C(C6=O)c2ccccc21)C(=O)C1c2ccccc2C4c2ccccc21. The van der Waals surface area contributed by atoms with E-state index in [1.165, 1.54) is 27.8 Å². The molecule has 6 aliphatic carbocycles. The van der Waals surface area contributed by atoms with Crippen LogP contribution in [0, 0.1) is 6.92 Å². The molecule has 0 radical (unpaired) electrons. The number of benzene rings is 9. The van der Waals surface area contributed by atoms with Crippen molar-refractivity contribution in [3.05, 3.63) is 242 Å². The maximum atomic E-state index is 15.3. The van der Waals surface area contributed by atoms with Crippen LogP contribution in [0.3, 0.4) is 0 Å². The summed E-state index contributed by atoms with van der Waals surface area (Å²) in [5.74, 6) is -0.651. The molecule has 0 N–H and O–H groups in total. The summed E-state index contributed by atoms with van der Waals surface area (Å²) in [5.41, 5.74) is 21.1. The van der Waals surface area contributed by atoms with Gasteiger partial charge >= 0.3 is 0 Å². The van der Waals surface area contributed by atoms with E-state index in [0.717, 1.165) is 116 Å². The molecule has 0 saturated heterocycles. The lowest BCUT2D eigenvalue weighted by atomic mass is 9.72. The van der Waals surface area contributed by atoms with Crippen LogP contribution < -0.4 is 0 Å². The normalized spacial score (nSPS) is 18.9. The highest BCUT2D eigenvalue weighted by molar-refractivity contribution is 6.27. The zero-order chi connectivity index (χ0) is 42.6. The Kier molecular flexibility index (Phi) is 6.21. The number of hydrogen-bond acceptors (Lipinski definition) is 3. The van der Waals surface area contributed by atoms with Gasteiger partial charge in [0.05, 0.1) is 28.4 Å². The van der Waals surface area contributed by atoms with Gasteiger partial charge in [0.15, 0.2) is 11.6 Å². The molecular weight excluding hydrogens is 795 g/mol. The fourth-order valence-corrected chi connectivity index (χ4v) is 13.4.